The van der Waals surface area contributed by atoms with Crippen molar-refractivity contribution in [2.45, 2.75) is 51.0 Å². The van der Waals surface area contributed by atoms with Gasteiger partial charge in [0.15, 0.2) is 0 Å². The monoisotopic (exact) mass is 405 g/mol. The molecule has 2 heterocycles. The van der Waals surface area contributed by atoms with E-state index in [9.17, 15) is 14.4 Å². The molecule has 2 aliphatic heterocycles. The molecule has 1 unspecified atom stereocenters. The summed E-state index contributed by atoms with van der Waals surface area (Å²) in [5.41, 5.74) is 1.25. The third kappa shape index (κ3) is 4.08. The fraction of sp³-hybridized carbons (Fsp3) is 0.571. The maximum Gasteiger partial charge on any atom is 0.261 e. The highest BCUT2D eigenvalue weighted by atomic mass is 35.5. The number of carbonyl (C=O) groups is 3. The second-order valence-electron chi connectivity index (χ2n) is 7.95. The molecule has 0 radical (unpaired) electrons. The number of nitrogens with zero attached hydrogens (tertiary/aromatic N) is 1. The highest BCUT2D eigenvalue weighted by Gasteiger charge is 2.40. The molecule has 0 spiro atoms. The Balaban J connectivity index is 0.00000225. The summed E-state index contributed by atoms with van der Waals surface area (Å²) < 4.78 is 0. The zero-order chi connectivity index (χ0) is 18.8. The zero-order valence-corrected chi connectivity index (χ0v) is 16.9. The van der Waals surface area contributed by atoms with E-state index in [1.807, 2.05) is 0 Å². The Bertz CT molecular complexity index is 755. The molecule has 4 rings (SSSR count). The molecule has 1 atom stereocenters. The molecule has 7 heteroatoms. The van der Waals surface area contributed by atoms with E-state index in [1.54, 1.807) is 18.2 Å². The van der Waals surface area contributed by atoms with Gasteiger partial charge in [0.05, 0.1) is 11.1 Å². The Hall–Kier alpha value is -1.92. The average Bonchev–Trinajstić information content (AvgIpc) is 2.97. The summed E-state index contributed by atoms with van der Waals surface area (Å²) in [5, 5.41) is 6.31. The van der Waals surface area contributed by atoms with Gasteiger partial charge in [-0.15, -0.1) is 12.4 Å². The number of fused-ring (bicyclic) bond motifs is 1. The van der Waals surface area contributed by atoms with E-state index in [0.717, 1.165) is 51.6 Å². The normalized spacial score (nSPS) is 22.6. The van der Waals surface area contributed by atoms with Gasteiger partial charge in [0.25, 0.3) is 17.7 Å². The van der Waals surface area contributed by atoms with Crippen LogP contribution in [0.2, 0.25) is 0 Å². The highest BCUT2D eigenvalue weighted by Crippen LogP contribution is 2.31. The van der Waals surface area contributed by atoms with Gasteiger partial charge in [0.1, 0.15) is 0 Å². The van der Waals surface area contributed by atoms with E-state index in [-0.39, 0.29) is 36.2 Å². The summed E-state index contributed by atoms with van der Waals surface area (Å²) in [6.07, 6.45) is 7.29. The molecule has 152 valence electrons. The van der Waals surface area contributed by atoms with Gasteiger partial charge in [-0.05, 0) is 62.9 Å². The number of amides is 3. The van der Waals surface area contributed by atoms with Crippen molar-refractivity contribution in [2.24, 2.45) is 5.92 Å². The van der Waals surface area contributed by atoms with Crippen molar-refractivity contribution in [3.63, 3.8) is 0 Å². The van der Waals surface area contributed by atoms with Crippen molar-refractivity contribution < 1.29 is 14.4 Å². The van der Waals surface area contributed by atoms with Crippen LogP contribution >= 0.6 is 12.4 Å². The third-order valence-electron chi connectivity index (χ3n) is 6.07. The van der Waals surface area contributed by atoms with Crippen molar-refractivity contribution in [2.75, 3.05) is 19.6 Å². The molecule has 3 amide bonds. The zero-order valence-electron chi connectivity index (χ0n) is 16.0. The van der Waals surface area contributed by atoms with Crippen molar-refractivity contribution in [3.05, 3.63) is 34.9 Å². The summed E-state index contributed by atoms with van der Waals surface area (Å²) in [6.45, 7) is 2.60. The Morgan fingerprint density at radius 3 is 2.50 bits per heavy atom. The lowest BCUT2D eigenvalue weighted by Crippen LogP contribution is -2.40. The number of hydrogen-bond acceptors (Lipinski definition) is 4. The number of rotatable bonds is 4. The lowest BCUT2D eigenvalue weighted by molar-refractivity contribution is 0.0549. The van der Waals surface area contributed by atoms with Crippen molar-refractivity contribution in [3.8, 4) is 0 Å². The van der Waals surface area contributed by atoms with E-state index >= 15 is 0 Å². The van der Waals surface area contributed by atoms with Gasteiger partial charge < -0.3 is 10.6 Å². The first-order chi connectivity index (χ1) is 13.1. The first-order valence-corrected chi connectivity index (χ1v) is 10.2. The van der Waals surface area contributed by atoms with Crippen molar-refractivity contribution >= 4 is 30.1 Å². The minimum Gasteiger partial charge on any atom is -0.352 e. The molecule has 1 saturated heterocycles. The summed E-state index contributed by atoms with van der Waals surface area (Å²) >= 11 is 0. The Morgan fingerprint density at radius 1 is 1.04 bits per heavy atom. The lowest BCUT2D eigenvalue weighted by Gasteiger charge is -2.29. The first kappa shape index (κ1) is 20.8. The predicted octanol–water partition coefficient (Wildman–Crippen LogP) is 2.77. The van der Waals surface area contributed by atoms with Gasteiger partial charge >= 0.3 is 0 Å². The van der Waals surface area contributed by atoms with Crippen molar-refractivity contribution in [1.29, 1.82) is 0 Å². The maximum absolute atomic E-state index is 12.9. The number of piperidine rings is 1. The molecular weight excluding hydrogens is 378 g/mol. The maximum atomic E-state index is 12.9. The van der Waals surface area contributed by atoms with Gasteiger partial charge in [-0.2, -0.15) is 0 Å². The van der Waals surface area contributed by atoms with Crippen LogP contribution < -0.4 is 10.6 Å². The number of benzene rings is 1. The van der Waals surface area contributed by atoms with Gasteiger partial charge in [-0.25, -0.2) is 0 Å². The number of halogens is 1. The topological polar surface area (TPSA) is 78.5 Å². The molecule has 2 fully saturated rings. The molecule has 1 saturated carbocycles. The highest BCUT2D eigenvalue weighted by molar-refractivity contribution is 6.22. The van der Waals surface area contributed by atoms with Crippen LogP contribution in [0.4, 0.5) is 0 Å². The molecule has 2 N–H and O–H groups in total. The second kappa shape index (κ2) is 9.05. The smallest absolute Gasteiger partial charge is 0.261 e. The van der Waals surface area contributed by atoms with Crippen LogP contribution in [0.15, 0.2) is 18.2 Å². The van der Waals surface area contributed by atoms with Gasteiger partial charge in [0.2, 0.25) is 0 Å². The van der Waals surface area contributed by atoms with E-state index < -0.39 is 0 Å². The first-order valence-electron chi connectivity index (χ1n) is 10.2. The molecule has 0 bridgehead atoms. The SMILES string of the molecule is Cl.O=C(NCC1CCCNC1)c1ccc2c(c1)C(=O)N(C1CCCCC1)C2=O. The number of hydrogen-bond donors (Lipinski definition) is 2. The fourth-order valence-electron chi connectivity index (χ4n) is 4.51. The van der Waals surface area contributed by atoms with Crippen LogP contribution in [0, 0.1) is 5.92 Å². The number of nitrogens with one attached hydrogen (secondary N) is 2. The summed E-state index contributed by atoms with van der Waals surface area (Å²) in [7, 11) is 0. The Kier molecular flexibility index (Phi) is 6.73. The molecule has 1 aromatic rings. The lowest BCUT2D eigenvalue weighted by atomic mass is 9.94. The van der Waals surface area contributed by atoms with Crippen LogP contribution in [0.1, 0.15) is 76.0 Å². The van der Waals surface area contributed by atoms with Crippen LogP contribution in [-0.2, 0) is 0 Å². The molecular formula is C21H28ClN3O3. The molecule has 3 aliphatic rings. The molecule has 6 nitrogen and oxygen atoms in total. The van der Waals surface area contributed by atoms with E-state index in [0.29, 0.717) is 29.2 Å². The van der Waals surface area contributed by atoms with Gasteiger partial charge in [-0.3, -0.25) is 19.3 Å². The van der Waals surface area contributed by atoms with E-state index in [2.05, 4.69) is 10.6 Å². The minimum atomic E-state index is -0.243. The molecule has 1 aromatic carbocycles. The van der Waals surface area contributed by atoms with E-state index in [1.165, 1.54) is 11.3 Å². The predicted molar refractivity (Wildman–Crippen MR) is 109 cm³/mol. The van der Waals surface area contributed by atoms with Crippen LogP contribution in [-0.4, -0.2) is 48.3 Å². The third-order valence-corrected chi connectivity index (χ3v) is 6.07. The van der Waals surface area contributed by atoms with E-state index in [4.69, 9.17) is 0 Å². The number of carbonyl (C=O) groups excluding carboxylic acids is 3. The average molecular weight is 406 g/mol. The van der Waals surface area contributed by atoms with Crippen LogP contribution in [0.25, 0.3) is 0 Å². The summed E-state index contributed by atoms with van der Waals surface area (Å²) in [4.78, 5) is 39.5. The Labute approximate surface area is 171 Å². The standard InChI is InChI=1S/C21H27N3O3.ClH/c25-19(23-13-14-5-4-10-22-12-14)15-8-9-17-18(11-15)21(27)24(20(17)26)16-6-2-1-3-7-16;/h8-9,11,14,16,22H,1-7,10,12-13H2,(H,23,25);1H. The molecule has 0 aromatic heterocycles. The quantitative estimate of drug-likeness (QED) is 0.755. The van der Waals surface area contributed by atoms with Crippen molar-refractivity contribution in [1.82, 2.24) is 15.5 Å². The molecule has 28 heavy (non-hydrogen) atoms. The summed E-state index contributed by atoms with van der Waals surface area (Å²) in [5.74, 6) is -0.183. The number of imide groups is 1. The second-order valence-corrected chi connectivity index (χ2v) is 7.95. The Morgan fingerprint density at radius 2 is 1.79 bits per heavy atom. The summed E-state index contributed by atoms with van der Waals surface area (Å²) in [6, 6.07) is 4.88. The fourth-order valence-corrected chi connectivity index (χ4v) is 4.51. The largest absolute Gasteiger partial charge is 0.352 e. The molecule has 1 aliphatic carbocycles. The minimum absolute atomic E-state index is 0. The van der Waals surface area contributed by atoms with Gasteiger partial charge in [-0.1, -0.05) is 19.3 Å². The van der Waals surface area contributed by atoms with Gasteiger partial charge in [0, 0.05) is 18.2 Å². The van der Waals surface area contributed by atoms with Crippen LogP contribution in [0.3, 0.4) is 0 Å². The van der Waals surface area contributed by atoms with Crippen LogP contribution in [0.5, 0.6) is 0 Å².